The van der Waals surface area contributed by atoms with Gasteiger partial charge in [-0.25, -0.2) is 4.98 Å². The molecule has 3 aromatic rings. The summed E-state index contributed by atoms with van der Waals surface area (Å²) < 4.78 is 1.04. The van der Waals surface area contributed by atoms with Crippen molar-refractivity contribution in [1.29, 1.82) is 0 Å². The van der Waals surface area contributed by atoms with Crippen LogP contribution >= 0.6 is 11.3 Å². The van der Waals surface area contributed by atoms with E-state index in [2.05, 4.69) is 23.8 Å². The average Bonchev–Trinajstić information content (AvgIpc) is 3.01. The minimum absolute atomic E-state index is 0.0413. The van der Waals surface area contributed by atoms with Gasteiger partial charge in [0, 0.05) is 18.3 Å². The molecule has 118 valence electrons. The molecule has 4 nitrogen and oxygen atoms in total. The summed E-state index contributed by atoms with van der Waals surface area (Å²) in [6.07, 6.45) is 1.76. The molecule has 0 aliphatic heterocycles. The number of nitrogens with zero attached hydrogens (tertiary/aromatic N) is 3. The predicted octanol–water partition coefficient (Wildman–Crippen LogP) is 3.99. The molecule has 0 aliphatic carbocycles. The van der Waals surface area contributed by atoms with Gasteiger partial charge in [0.2, 0.25) is 0 Å². The maximum atomic E-state index is 12.9. The highest BCUT2D eigenvalue weighted by atomic mass is 32.1. The maximum Gasteiger partial charge on any atom is 0.254 e. The number of fused-ring (bicyclic) bond motifs is 1. The summed E-state index contributed by atoms with van der Waals surface area (Å²) in [6, 6.07) is 11.5. The third-order valence-electron chi connectivity index (χ3n) is 3.53. The van der Waals surface area contributed by atoms with Crippen molar-refractivity contribution < 1.29 is 4.79 Å². The van der Waals surface area contributed by atoms with Gasteiger partial charge in [0.05, 0.1) is 28.0 Å². The lowest BCUT2D eigenvalue weighted by Gasteiger charge is -2.24. The Morgan fingerprint density at radius 3 is 2.83 bits per heavy atom. The van der Waals surface area contributed by atoms with Crippen LogP contribution in [0.4, 0.5) is 0 Å². The van der Waals surface area contributed by atoms with Gasteiger partial charge in [0.15, 0.2) is 0 Å². The molecule has 0 saturated heterocycles. The first-order valence-electron chi connectivity index (χ1n) is 7.66. The molecule has 2 heterocycles. The van der Waals surface area contributed by atoms with Crippen molar-refractivity contribution in [2.75, 3.05) is 6.54 Å². The number of rotatable bonds is 5. The molecule has 5 heteroatoms. The molecular formula is C18H19N3OS. The van der Waals surface area contributed by atoms with Crippen molar-refractivity contribution in [2.45, 2.75) is 20.4 Å². The molecule has 0 bridgehead atoms. The van der Waals surface area contributed by atoms with Crippen LogP contribution in [0.25, 0.3) is 10.2 Å². The summed E-state index contributed by atoms with van der Waals surface area (Å²) in [6.45, 7) is 5.46. The van der Waals surface area contributed by atoms with Gasteiger partial charge < -0.3 is 4.90 Å². The van der Waals surface area contributed by atoms with Crippen molar-refractivity contribution in [3.8, 4) is 0 Å². The van der Waals surface area contributed by atoms with Crippen LogP contribution in [0.15, 0.2) is 48.1 Å². The van der Waals surface area contributed by atoms with Crippen LogP contribution in [0.5, 0.6) is 0 Å². The average molecular weight is 325 g/mol. The fraction of sp³-hybridized carbons (Fsp3) is 0.278. The zero-order valence-electron chi connectivity index (χ0n) is 13.3. The highest BCUT2D eigenvalue weighted by Crippen LogP contribution is 2.21. The van der Waals surface area contributed by atoms with E-state index >= 15 is 0 Å². The van der Waals surface area contributed by atoms with Gasteiger partial charge in [-0.05, 0) is 36.2 Å². The largest absolute Gasteiger partial charge is 0.332 e. The number of amides is 1. The molecule has 1 amide bonds. The number of thiazole rings is 1. The lowest BCUT2D eigenvalue weighted by Crippen LogP contribution is -2.34. The monoisotopic (exact) mass is 325 g/mol. The summed E-state index contributed by atoms with van der Waals surface area (Å²) in [7, 11) is 0. The van der Waals surface area contributed by atoms with E-state index in [-0.39, 0.29) is 5.91 Å². The van der Waals surface area contributed by atoms with E-state index in [0.29, 0.717) is 24.6 Å². The number of carbonyl (C=O) groups is 1. The normalized spacial score (nSPS) is 11.1. The third kappa shape index (κ3) is 3.74. The van der Waals surface area contributed by atoms with Crippen molar-refractivity contribution in [1.82, 2.24) is 14.9 Å². The predicted molar refractivity (Wildman–Crippen MR) is 93.4 cm³/mol. The number of benzene rings is 1. The Bertz CT molecular complexity index is 798. The van der Waals surface area contributed by atoms with Crippen LogP contribution < -0.4 is 0 Å². The highest BCUT2D eigenvalue weighted by Gasteiger charge is 2.18. The molecule has 0 N–H and O–H groups in total. The molecule has 1 aromatic carbocycles. The van der Waals surface area contributed by atoms with Crippen molar-refractivity contribution >= 4 is 27.5 Å². The van der Waals surface area contributed by atoms with Gasteiger partial charge in [-0.15, -0.1) is 11.3 Å². The first-order chi connectivity index (χ1) is 11.1. The van der Waals surface area contributed by atoms with Gasteiger partial charge in [0.1, 0.15) is 0 Å². The minimum Gasteiger partial charge on any atom is -0.332 e. The molecular weight excluding hydrogens is 306 g/mol. The minimum atomic E-state index is 0.0413. The van der Waals surface area contributed by atoms with Gasteiger partial charge in [-0.2, -0.15) is 0 Å². The lowest BCUT2D eigenvalue weighted by molar-refractivity contribution is 0.0720. The zero-order chi connectivity index (χ0) is 16.2. The molecule has 0 radical (unpaired) electrons. The van der Waals surface area contributed by atoms with E-state index in [0.717, 1.165) is 15.9 Å². The first-order valence-corrected chi connectivity index (χ1v) is 8.54. The van der Waals surface area contributed by atoms with Crippen LogP contribution in [-0.2, 0) is 6.54 Å². The summed E-state index contributed by atoms with van der Waals surface area (Å²) in [5, 5.41) is 0. The Morgan fingerprint density at radius 2 is 2.09 bits per heavy atom. The van der Waals surface area contributed by atoms with E-state index in [1.807, 2.05) is 41.3 Å². The SMILES string of the molecule is CC(C)CN(Cc1ccccn1)C(=O)c1ccc2ncsc2c1. The molecule has 2 aromatic heterocycles. The standard InChI is InChI=1S/C18H19N3OS/c1-13(2)10-21(11-15-5-3-4-8-19-15)18(22)14-6-7-16-17(9-14)23-12-20-16/h3-9,12-13H,10-11H2,1-2H3. The van der Waals surface area contributed by atoms with Crippen molar-refractivity contribution in [3.63, 3.8) is 0 Å². The van der Waals surface area contributed by atoms with Gasteiger partial charge in [-0.1, -0.05) is 19.9 Å². The van der Waals surface area contributed by atoms with Gasteiger partial charge in [-0.3, -0.25) is 9.78 Å². The van der Waals surface area contributed by atoms with E-state index < -0.39 is 0 Å². The van der Waals surface area contributed by atoms with Gasteiger partial charge in [0.25, 0.3) is 5.91 Å². The summed E-state index contributed by atoms with van der Waals surface area (Å²) in [5.41, 5.74) is 4.35. The summed E-state index contributed by atoms with van der Waals surface area (Å²) in [4.78, 5) is 23.4. The second-order valence-corrected chi connectivity index (χ2v) is 6.82. The zero-order valence-corrected chi connectivity index (χ0v) is 14.1. The Kier molecular flexibility index (Phi) is 4.67. The van der Waals surface area contributed by atoms with Crippen LogP contribution in [0.3, 0.4) is 0 Å². The fourth-order valence-electron chi connectivity index (χ4n) is 2.52. The molecule has 0 aliphatic rings. The Balaban J connectivity index is 1.86. The molecule has 0 unspecified atom stereocenters. The number of carbonyl (C=O) groups excluding carboxylic acids is 1. The fourth-order valence-corrected chi connectivity index (χ4v) is 3.23. The maximum absolute atomic E-state index is 12.9. The van der Waals surface area contributed by atoms with E-state index in [4.69, 9.17) is 0 Å². The third-order valence-corrected chi connectivity index (χ3v) is 4.32. The summed E-state index contributed by atoms with van der Waals surface area (Å²) >= 11 is 1.55. The second kappa shape index (κ2) is 6.87. The molecule has 0 fully saturated rings. The van der Waals surface area contributed by atoms with Crippen LogP contribution in [0, 0.1) is 5.92 Å². The Hall–Kier alpha value is -2.27. The van der Waals surface area contributed by atoms with Crippen LogP contribution in [0.1, 0.15) is 29.9 Å². The molecule has 0 atom stereocenters. The molecule has 0 spiro atoms. The first kappa shape index (κ1) is 15.6. The number of hydrogen-bond acceptors (Lipinski definition) is 4. The Morgan fingerprint density at radius 1 is 1.22 bits per heavy atom. The van der Waals surface area contributed by atoms with Gasteiger partial charge >= 0.3 is 0 Å². The molecule has 0 saturated carbocycles. The molecule has 3 rings (SSSR count). The second-order valence-electron chi connectivity index (χ2n) is 5.94. The van der Waals surface area contributed by atoms with Crippen LogP contribution in [-0.4, -0.2) is 27.3 Å². The number of aromatic nitrogens is 2. The highest BCUT2D eigenvalue weighted by molar-refractivity contribution is 7.16. The lowest BCUT2D eigenvalue weighted by atomic mass is 10.1. The molecule has 23 heavy (non-hydrogen) atoms. The Labute approximate surface area is 139 Å². The van der Waals surface area contributed by atoms with E-state index in [1.54, 1.807) is 23.0 Å². The quantitative estimate of drug-likeness (QED) is 0.712. The number of pyridine rings is 1. The smallest absolute Gasteiger partial charge is 0.254 e. The number of hydrogen-bond donors (Lipinski definition) is 0. The topological polar surface area (TPSA) is 46.1 Å². The summed E-state index contributed by atoms with van der Waals surface area (Å²) in [5.74, 6) is 0.439. The van der Waals surface area contributed by atoms with Crippen molar-refractivity contribution in [2.24, 2.45) is 5.92 Å². The van der Waals surface area contributed by atoms with E-state index in [9.17, 15) is 4.79 Å². The van der Waals surface area contributed by atoms with Crippen LogP contribution in [0.2, 0.25) is 0 Å². The van der Waals surface area contributed by atoms with E-state index in [1.165, 1.54) is 0 Å². The van der Waals surface area contributed by atoms with Crippen molar-refractivity contribution in [3.05, 3.63) is 59.4 Å².